The first-order chi connectivity index (χ1) is 8.27. The molecule has 0 unspecified atom stereocenters. The zero-order chi connectivity index (χ0) is 12.1. The number of nitrogens with one attached hydrogen (secondary N) is 1. The third-order valence-corrected chi connectivity index (χ3v) is 3.00. The van der Waals surface area contributed by atoms with E-state index in [0.29, 0.717) is 5.69 Å². The van der Waals surface area contributed by atoms with Crippen molar-refractivity contribution in [2.45, 2.75) is 25.7 Å². The van der Waals surface area contributed by atoms with Gasteiger partial charge in [0.1, 0.15) is 5.69 Å². The van der Waals surface area contributed by atoms with Gasteiger partial charge in [-0.25, -0.2) is 0 Å². The van der Waals surface area contributed by atoms with Crippen molar-refractivity contribution < 1.29 is 4.92 Å². The Morgan fingerprint density at radius 3 is 2.88 bits per heavy atom. The van der Waals surface area contributed by atoms with Gasteiger partial charge in [0.05, 0.1) is 4.92 Å². The molecule has 0 saturated carbocycles. The lowest BCUT2D eigenvalue weighted by Gasteiger charge is -2.07. The van der Waals surface area contributed by atoms with Crippen LogP contribution in [0.15, 0.2) is 35.9 Å². The molecule has 1 aliphatic rings. The zero-order valence-corrected chi connectivity index (χ0v) is 9.69. The topological polar surface area (TPSA) is 55.2 Å². The largest absolute Gasteiger partial charge is 0.379 e. The molecule has 0 aliphatic heterocycles. The number of allylic oxidation sites excluding steroid dienone is 1. The Balaban J connectivity index is 1.92. The SMILES string of the molecule is O=[N+]([O-])c1ccccc1NCCC1=CCCC1. The van der Waals surface area contributed by atoms with Crippen molar-refractivity contribution >= 4 is 11.4 Å². The fourth-order valence-corrected chi connectivity index (χ4v) is 2.10. The van der Waals surface area contributed by atoms with Gasteiger partial charge in [-0.2, -0.15) is 0 Å². The summed E-state index contributed by atoms with van der Waals surface area (Å²) in [5.74, 6) is 0. The molecule has 4 heteroatoms. The molecule has 0 fully saturated rings. The Morgan fingerprint density at radius 1 is 1.35 bits per heavy atom. The number of benzene rings is 1. The predicted octanol–water partition coefficient (Wildman–Crippen LogP) is 3.51. The average molecular weight is 232 g/mol. The molecule has 0 atom stereocenters. The maximum absolute atomic E-state index is 10.8. The molecule has 0 spiro atoms. The fraction of sp³-hybridized carbons (Fsp3) is 0.385. The van der Waals surface area contributed by atoms with Crippen LogP contribution >= 0.6 is 0 Å². The molecule has 0 saturated heterocycles. The molecule has 1 N–H and O–H groups in total. The summed E-state index contributed by atoms with van der Waals surface area (Å²) in [6.07, 6.45) is 6.87. The van der Waals surface area contributed by atoms with E-state index in [2.05, 4.69) is 11.4 Å². The van der Waals surface area contributed by atoms with Crippen LogP contribution in [0.4, 0.5) is 11.4 Å². The Bertz CT molecular complexity index is 441. The molecule has 0 heterocycles. The summed E-state index contributed by atoms with van der Waals surface area (Å²) in [5.41, 5.74) is 2.22. The van der Waals surface area contributed by atoms with Gasteiger partial charge in [-0.05, 0) is 31.7 Å². The first-order valence-corrected chi connectivity index (χ1v) is 5.92. The summed E-state index contributed by atoms with van der Waals surface area (Å²) in [7, 11) is 0. The van der Waals surface area contributed by atoms with Gasteiger partial charge in [0.15, 0.2) is 0 Å². The minimum Gasteiger partial charge on any atom is -0.379 e. The zero-order valence-electron chi connectivity index (χ0n) is 9.69. The van der Waals surface area contributed by atoms with E-state index in [-0.39, 0.29) is 10.6 Å². The van der Waals surface area contributed by atoms with E-state index in [4.69, 9.17) is 0 Å². The first-order valence-electron chi connectivity index (χ1n) is 5.92. The molecule has 0 bridgehead atoms. The second-order valence-electron chi connectivity index (χ2n) is 4.21. The van der Waals surface area contributed by atoms with E-state index in [1.807, 2.05) is 6.07 Å². The maximum atomic E-state index is 10.8. The fourth-order valence-electron chi connectivity index (χ4n) is 2.10. The van der Waals surface area contributed by atoms with Crippen LogP contribution < -0.4 is 5.32 Å². The highest BCUT2D eigenvalue weighted by molar-refractivity contribution is 5.61. The summed E-state index contributed by atoms with van der Waals surface area (Å²) in [5, 5.41) is 13.9. The first kappa shape index (κ1) is 11.6. The molecule has 1 aromatic carbocycles. The highest BCUT2D eigenvalue weighted by atomic mass is 16.6. The van der Waals surface area contributed by atoms with Crippen molar-refractivity contribution in [3.8, 4) is 0 Å². The normalized spacial score (nSPS) is 14.5. The molecule has 1 aromatic rings. The van der Waals surface area contributed by atoms with Crippen LogP contribution in [-0.4, -0.2) is 11.5 Å². The Morgan fingerprint density at radius 2 is 2.18 bits per heavy atom. The van der Waals surface area contributed by atoms with Crippen LogP contribution in [0.1, 0.15) is 25.7 Å². The van der Waals surface area contributed by atoms with Crippen molar-refractivity contribution in [2.75, 3.05) is 11.9 Å². The molecular weight excluding hydrogens is 216 g/mol. The number of para-hydroxylation sites is 2. The predicted molar refractivity (Wildman–Crippen MR) is 68.1 cm³/mol. The lowest BCUT2D eigenvalue weighted by molar-refractivity contribution is -0.384. The summed E-state index contributed by atoms with van der Waals surface area (Å²) >= 11 is 0. The monoisotopic (exact) mass is 232 g/mol. The molecule has 0 amide bonds. The second-order valence-corrected chi connectivity index (χ2v) is 4.21. The number of nitro groups is 1. The Kier molecular flexibility index (Phi) is 3.75. The van der Waals surface area contributed by atoms with Gasteiger partial charge < -0.3 is 5.32 Å². The van der Waals surface area contributed by atoms with Gasteiger partial charge in [-0.1, -0.05) is 23.8 Å². The number of nitro benzene ring substituents is 1. The van der Waals surface area contributed by atoms with Crippen LogP contribution in [0.2, 0.25) is 0 Å². The van der Waals surface area contributed by atoms with Crippen molar-refractivity contribution in [1.29, 1.82) is 0 Å². The molecule has 1 aliphatic carbocycles. The lowest BCUT2D eigenvalue weighted by Crippen LogP contribution is -2.04. The third kappa shape index (κ3) is 3.06. The summed E-state index contributed by atoms with van der Waals surface area (Å²) in [6, 6.07) is 6.77. The van der Waals surface area contributed by atoms with Gasteiger partial charge in [-0.15, -0.1) is 0 Å². The third-order valence-electron chi connectivity index (χ3n) is 3.00. The molecule has 0 radical (unpaired) electrons. The van der Waals surface area contributed by atoms with E-state index >= 15 is 0 Å². The minimum absolute atomic E-state index is 0.146. The van der Waals surface area contributed by atoms with Crippen molar-refractivity contribution in [1.82, 2.24) is 0 Å². The Hall–Kier alpha value is -1.84. The summed E-state index contributed by atoms with van der Waals surface area (Å²) in [4.78, 5) is 10.4. The molecule has 0 aromatic heterocycles. The number of hydrogen-bond acceptors (Lipinski definition) is 3. The molecule has 17 heavy (non-hydrogen) atoms. The van der Waals surface area contributed by atoms with Crippen molar-refractivity contribution in [3.63, 3.8) is 0 Å². The highest BCUT2D eigenvalue weighted by Gasteiger charge is 2.11. The van der Waals surface area contributed by atoms with Crippen LogP contribution in [-0.2, 0) is 0 Å². The maximum Gasteiger partial charge on any atom is 0.292 e. The van der Waals surface area contributed by atoms with Crippen LogP contribution in [0.5, 0.6) is 0 Å². The summed E-state index contributed by atoms with van der Waals surface area (Å²) < 4.78 is 0. The van der Waals surface area contributed by atoms with Crippen LogP contribution in [0.25, 0.3) is 0 Å². The second kappa shape index (κ2) is 5.48. The number of anilines is 1. The van der Waals surface area contributed by atoms with Crippen molar-refractivity contribution in [2.24, 2.45) is 0 Å². The van der Waals surface area contributed by atoms with E-state index in [1.54, 1.807) is 12.1 Å². The van der Waals surface area contributed by atoms with Gasteiger partial charge in [0.25, 0.3) is 5.69 Å². The molecule has 2 rings (SSSR count). The molecular formula is C13H16N2O2. The van der Waals surface area contributed by atoms with Gasteiger partial charge in [0.2, 0.25) is 0 Å². The number of nitrogens with zero attached hydrogens (tertiary/aromatic N) is 1. The molecule has 4 nitrogen and oxygen atoms in total. The smallest absolute Gasteiger partial charge is 0.292 e. The standard InChI is InChI=1S/C13H16N2O2/c16-15(17)13-8-4-3-7-12(13)14-10-9-11-5-1-2-6-11/h3-5,7-8,14H,1-2,6,9-10H2. The van der Waals surface area contributed by atoms with Gasteiger partial charge >= 0.3 is 0 Å². The number of rotatable bonds is 5. The van der Waals surface area contributed by atoms with E-state index in [0.717, 1.165) is 13.0 Å². The van der Waals surface area contributed by atoms with E-state index in [9.17, 15) is 10.1 Å². The summed E-state index contributed by atoms with van der Waals surface area (Å²) in [6.45, 7) is 0.761. The number of hydrogen-bond donors (Lipinski definition) is 1. The quantitative estimate of drug-likeness (QED) is 0.480. The highest BCUT2D eigenvalue weighted by Crippen LogP contribution is 2.24. The van der Waals surface area contributed by atoms with E-state index < -0.39 is 0 Å². The van der Waals surface area contributed by atoms with Crippen LogP contribution in [0.3, 0.4) is 0 Å². The van der Waals surface area contributed by atoms with Gasteiger partial charge in [0, 0.05) is 12.6 Å². The van der Waals surface area contributed by atoms with Crippen LogP contribution in [0, 0.1) is 10.1 Å². The molecule has 90 valence electrons. The Labute approximate surface area is 100 Å². The van der Waals surface area contributed by atoms with E-state index in [1.165, 1.54) is 30.9 Å². The van der Waals surface area contributed by atoms with Crippen molar-refractivity contribution in [3.05, 3.63) is 46.0 Å². The lowest BCUT2D eigenvalue weighted by atomic mass is 10.1. The minimum atomic E-state index is -0.350. The average Bonchev–Trinajstić information content (AvgIpc) is 2.82. The van der Waals surface area contributed by atoms with Gasteiger partial charge in [-0.3, -0.25) is 10.1 Å².